The molecular formula is C12H12ClN5O. The fourth-order valence-electron chi connectivity index (χ4n) is 2.03. The van der Waals surface area contributed by atoms with Gasteiger partial charge in [0, 0.05) is 19.2 Å². The van der Waals surface area contributed by atoms with Crippen LogP contribution in [0.3, 0.4) is 0 Å². The summed E-state index contributed by atoms with van der Waals surface area (Å²) >= 11 is 5.96. The van der Waals surface area contributed by atoms with Crippen LogP contribution in [0.4, 0.5) is 0 Å². The third-order valence-corrected chi connectivity index (χ3v) is 3.24. The van der Waals surface area contributed by atoms with E-state index in [-0.39, 0.29) is 0 Å². The SMILES string of the molecule is Cc1ccnc2c1nc(CCl)n2CCc1ncon1. The molecule has 0 spiro atoms. The van der Waals surface area contributed by atoms with E-state index in [4.69, 9.17) is 16.1 Å². The maximum atomic E-state index is 5.96. The Morgan fingerprint density at radius 3 is 3.00 bits per heavy atom. The van der Waals surface area contributed by atoms with E-state index in [2.05, 4.69) is 20.1 Å². The van der Waals surface area contributed by atoms with Crippen molar-refractivity contribution >= 4 is 22.8 Å². The number of aromatic nitrogens is 5. The van der Waals surface area contributed by atoms with E-state index in [0.717, 1.165) is 22.6 Å². The maximum absolute atomic E-state index is 5.96. The zero-order chi connectivity index (χ0) is 13.2. The molecule has 0 saturated heterocycles. The summed E-state index contributed by atoms with van der Waals surface area (Å²) < 4.78 is 6.73. The molecule has 7 heteroatoms. The van der Waals surface area contributed by atoms with Gasteiger partial charge in [0.1, 0.15) is 11.3 Å². The van der Waals surface area contributed by atoms with Crippen LogP contribution in [0, 0.1) is 6.92 Å². The highest BCUT2D eigenvalue weighted by molar-refractivity contribution is 6.16. The van der Waals surface area contributed by atoms with Crippen LogP contribution in [0.2, 0.25) is 0 Å². The van der Waals surface area contributed by atoms with Crippen molar-refractivity contribution in [3.05, 3.63) is 35.9 Å². The first-order chi connectivity index (χ1) is 9.29. The van der Waals surface area contributed by atoms with E-state index in [0.29, 0.717) is 24.7 Å². The Balaban J connectivity index is 1.99. The first-order valence-corrected chi connectivity index (χ1v) is 6.45. The maximum Gasteiger partial charge on any atom is 0.213 e. The van der Waals surface area contributed by atoms with Crippen molar-refractivity contribution < 1.29 is 4.52 Å². The summed E-state index contributed by atoms with van der Waals surface area (Å²) in [7, 11) is 0. The number of hydrogen-bond acceptors (Lipinski definition) is 5. The first-order valence-electron chi connectivity index (χ1n) is 5.91. The predicted molar refractivity (Wildman–Crippen MR) is 69.8 cm³/mol. The van der Waals surface area contributed by atoms with Gasteiger partial charge in [-0.2, -0.15) is 4.98 Å². The van der Waals surface area contributed by atoms with Gasteiger partial charge in [0.15, 0.2) is 11.5 Å². The van der Waals surface area contributed by atoms with Gasteiger partial charge in [0.2, 0.25) is 6.39 Å². The molecule has 3 rings (SSSR count). The zero-order valence-electron chi connectivity index (χ0n) is 10.4. The molecular weight excluding hydrogens is 266 g/mol. The molecule has 6 nitrogen and oxygen atoms in total. The van der Waals surface area contributed by atoms with Crippen LogP contribution < -0.4 is 0 Å². The molecule has 0 aliphatic heterocycles. The van der Waals surface area contributed by atoms with Crippen molar-refractivity contribution in [1.29, 1.82) is 0 Å². The largest absolute Gasteiger partial charge is 0.343 e. The first kappa shape index (κ1) is 12.1. The molecule has 3 aromatic rings. The van der Waals surface area contributed by atoms with Crippen molar-refractivity contribution in [3.63, 3.8) is 0 Å². The van der Waals surface area contributed by atoms with E-state index in [1.165, 1.54) is 6.39 Å². The lowest BCUT2D eigenvalue weighted by Gasteiger charge is -2.04. The molecule has 0 bridgehead atoms. The minimum absolute atomic E-state index is 0.349. The fraction of sp³-hybridized carbons (Fsp3) is 0.333. The number of rotatable bonds is 4. The quantitative estimate of drug-likeness (QED) is 0.683. The van der Waals surface area contributed by atoms with Gasteiger partial charge in [-0.05, 0) is 18.6 Å². The van der Waals surface area contributed by atoms with Crippen LogP contribution in [-0.4, -0.2) is 24.7 Å². The van der Waals surface area contributed by atoms with Gasteiger partial charge in [-0.1, -0.05) is 5.16 Å². The van der Waals surface area contributed by atoms with Gasteiger partial charge in [-0.15, -0.1) is 11.6 Å². The van der Waals surface area contributed by atoms with Gasteiger partial charge in [-0.25, -0.2) is 9.97 Å². The monoisotopic (exact) mass is 277 g/mol. The minimum Gasteiger partial charge on any atom is -0.343 e. The number of alkyl halides is 1. The van der Waals surface area contributed by atoms with Crippen molar-refractivity contribution in [2.45, 2.75) is 25.8 Å². The summed E-state index contributed by atoms with van der Waals surface area (Å²) in [6.45, 7) is 2.69. The molecule has 98 valence electrons. The Morgan fingerprint density at radius 2 is 2.26 bits per heavy atom. The third-order valence-electron chi connectivity index (χ3n) is 3.00. The molecule has 0 saturated carbocycles. The fourth-order valence-corrected chi connectivity index (χ4v) is 2.24. The molecule has 19 heavy (non-hydrogen) atoms. The molecule has 0 unspecified atom stereocenters. The molecule has 0 radical (unpaired) electrons. The molecule has 0 aliphatic rings. The van der Waals surface area contributed by atoms with E-state index in [1.54, 1.807) is 6.20 Å². The number of pyridine rings is 1. The highest BCUT2D eigenvalue weighted by Gasteiger charge is 2.13. The molecule has 0 aromatic carbocycles. The lowest BCUT2D eigenvalue weighted by molar-refractivity contribution is 0.408. The van der Waals surface area contributed by atoms with Gasteiger partial charge in [0.05, 0.1) is 5.88 Å². The van der Waals surface area contributed by atoms with Crippen LogP contribution in [0.25, 0.3) is 11.2 Å². The number of imidazole rings is 1. The predicted octanol–water partition coefficient (Wildman–Crippen LogP) is 2.10. The van der Waals surface area contributed by atoms with Crippen molar-refractivity contribution in [2.24, 2.45) is 0 Å². The van der Waals surface area contributed by atoms with Gasteiger partial charge in [0.25, 0.3) is 0 Å². The summed E-state index contributed by atoms with van der Waals surface area (Å²) in [5.41, 5.74) is 2.83. The molecule has 3 aromatic heterocycles. The number of hydrogen-bond donors (Lipinski definition) is 0. The minimum atomic E-state index is 0.349. The average Bonchev–Trinajstić information content (AvgIpc) is 3.03. The van der Waals surface area contributed by atoms with Crippen LogP contribution in [-0.2, 0) is 18.8 Å². The standard InChI is InChI=1S/C12H12ClN5O/c1-8-2-4-14-12-11(8)16-10(6-13)18(12)5-3-9-15-7-19-17-9/h2,4,7H,3,5-6H2,1H3. The van der Waals surface area contributed by atoms with Gasteiger partial charge < -0.3 is 9.09 Å². The Labute approximate surface area is 114 Å². The number of fused-ring (bicyclic) bond motifs is 1. The van der Waals surface area contributed by atoms with E-state index in [9.17, 15) is 0 Å². The highest BCUT2D eigenvalue weighted by atomic mass is 35.5. The van der Waals surface area contributed by atoms with Crippen LogP contribution >= 0.6 is 11.6 Å². The van der Waals surface area contributed by atoms with Gasteiger partial charge in [-0.3, -0.25) is 0 Å². The third kappa shape index (κ3) is 2.19. The summed E-state index contributed by atoms with van der Waals surface area (Å²) in [6, 6.07) is 1.94. The summed E-state index contributed by atoms with van der Waals surface area (Å²) in [5, 5.41) is 3.80. The molecule has 0 N–H and O–H groups in total. The van der Waals surface area contributed by atoms with Crippen molar-refractivity contribution in [1.82, 2.24) is 24.7 Å². The molecule has 0 amide bonds. The summed E-state index contributed by atoms with van der Waals surface area (Å²) in [4.78, 5) is 12.9. The summed E-state index contributed by atoms with van der Waals surface area (Å²) in [6.07, 6.45) is 3.76. The molecule has 0 aliphatic carbocycles. The van der Waals surface area contributed by atoms with Crippen LogP contribution in [0.5, 0.6) is 0 Å². The Kier molecular flexibility index (Phi) is 3.16. The topological polar surface area (TPSA) is 69.6 Å². The lowest BCUT2D eigenvalue weighted by atomic mass is 10.3. The Bertz CT molecular complexity index is 692. The number of halogens is 1. The molecule has 3 heterocycles. The zero-order valence-corrected chi connectivity index (χ0v) is 11.1. The van der Waals surface area contributed by atoms with Crippen molar-refractivity contribution in [2.75, 3.05) is 0 Å². The van der Waals surface area contributed by atoms with Gasteiger partial charge >= 0.3 is 0 Å². The van der Waals surface area contributed by atoms with Crippen molar-refractivity contribution in [3.8, 4) is 0 Å². The van der Waals surface area contributed by atoms with Crippen LogP contribution in [0.15, 0.2) is 23.2 Å². The van der Waals surface area contributed by atoms with E-state index < -0.39 is 0 Å². The smallest absolute Gasteiger partial charge is 0.213 e. The lowest BCUT2D eigenvalue weighted by Crippen LogP contribution is -2.06. The van der Waals surface area contributed by atoms with Crippen LogP contribution in [0.1, 0.15) is 17.2 Å². The second kappa shape index (κ2) is 4.97. The Hall–Kier alpha value is -1.95. The highest BCUT2D eigenvalue weighted by Crippen LogP contribution is 2.19. The second-order valence-corrected chi connectivity index (χ2v) is 4.48. The second-order valence-electron chi connectivity index (χ2n) is 4.21. The normalized spacial score (nSPS) is 11.3. The number of nitrogens with zero attached hydrogens (tertiary/aromatic N) is 5. The molecule has 0 fully saturated rings. The Morgan fingerprint density at radius 1 is 1.37 bits per heavy atom. The van der Waals surface area contributed by atoms with E-state index in [1.807, 2.05) is 17.6 Å². The molecule has 0 atom stereocenters. The number of aryl methyl sites for hydroxylation is 3. The van der Waals surface area contributed by atoms with E-state index >= 15 is 0 Å². The summed E-state index contributed by atoms with van der Waals surface area (Å²) in [5.74, 6) is 1.82. The average molecular weight is 278 g/mol.